The average molecular weight is 361 g/mol. The molecule has 3 rings (SSSR count). The summed E-state index contributed by atoms with van der Waals surface area (Å²) in [5.41, 5.74) is 4.23. The van der Waals surface area contributed by atoms with Crippen LogP contribution in [0.25, 0.3) is 11.3 Å². The van der Waals surface area contributed by atoms with Gasteiger partial charge < -0.3 is 15.0 Å². The third-order valence-corrected chi connectivity index (χ3v) is 4.22. The molecule has 1 N–H and O–H groups in total. The molecule has 0 radical (unpaired) electrons. The van der Waals surface area contributed by atoms with E-state index in [1.165, 1.54) is 5.56 Å². The van der Waals surface area contributed by atoms with E-state index < -0.39 is 0 Å². The van der Waals surface area contributed by atoms with Crippen LogP contribution < -0.4 is 15.0 Å². The van der Waals surface area contributed by atoms with Gasteiger partial charge in [-0.1, -0.05) is 35.9 Å². The molecule has 0 spiro atoms. The number of amides is 1. The Morgan fingerprint density at radius 2 is 1.78 bits per heavy atom. The van der Waals surface area contributed by atoms with Crippen LogP contribution in [0.4, 0.5) is 11.5 Å². The Morgan fingerprint density at radius 1 is 1.04 bits per heavy atom. The van der Waals surface area contributed by atoms with E-state index in [1.807, 2.05) is 61.5 Å². The van der Waals surface area contributed by atoms with Gasteiger partial charge in [-0.25, -0.2) is 4.98 Å². The minimum absolute atomic E-state index is 0.213. The molecule has 27 heavy (non-hydrogen) atoms. The second kappa shape index (κ2) is 7.91. The van der Waals surface area contributed by atoms with Gasteiger partial charge in [-0.3, -0.25) is 4.79 Å². The van der Waals surface area contributed by atoms with Crippen LogP contribution in [0, 0.1) is 6.92 Å². The standard InChI is InChI=1S/C22H23N3O2/c1-15-8-10-16(11-9-15)20-13-12-19(21(24-20)25(2)3)22(26)23-17-6-5-7-18(14-17)27-4/h5-14H,1-4H3,(H,23,26). The van der Waals surface area contributed by atoms with Gasteiger partial charge in [0.25, 0.3) is 5.91 Å². The summed E-state index contributed by atoms with van der Waals surface area (Å²) in [6.45, 7) is 2.05. The average Bonchev–Trinajstić information content (AvgIpc) is 2.68. The number of pyridine rings is 1. The predicted molar refractivity (Wildman–Crippen MR) is 110 cm³/mol. The fraction of sp³-hybridized carbons (Fsp3) is 0.182. The lowest BCUT2D eigenvalue weighted by atomic mass is 10.1. The van der Waals surface area contributed by atoms with Gasteiger partial charge in [0.05, 0.1) is 18.4 Å². The van der Waals surface area contributed by atoms with Gasteiger partial charge in [-0.15, -0.1) is 0 Å². The Hall–Kier alpha value is -3.34. The number of methoxy groups -OCH3 is 1. The number of carbonyl (C=O) groups excluding carboxylic acids is 1. The molecule has 0 bridgehead atoms. The first-order valence-electron chi connectivity index (χ1n) is 8.69. The zero-order chi connectivity index (χ0) is 19.4. The summed E-state index contributed by atoms with van der Waals surface area (Å²) < 4.78 is 5.21. The summed E-state index contributed by atoms with van der Waals surface area (Å²) in [4.78, 5) is 19.4. The summed E-state index contributed by atoms with van der Waals surface area (Å²) in [6.07, 6.45) is 0. The van der Waals surface area contributed by atoms with E-state index in [4.69, 9.17) is 9.72 Å². The highest BCUT2D eigenvalue weighted by atomic mass is 16.5. The number of anilines is 2. The third kappa shape index (κ3) is 4.26. The number of aromatic nitrogens is 1. The SMILES string of the molecule is COc1cccc(NC(=O)c2ccc(-c3ccc(C)cc3)nc2N(C)C)c1. The molecule has 0 saturated carbocycles. The van der Waals surface area contributed by atoms with Gasteiger partial charge in [-0.05, 0) is 31.2 Å². The third-order valence-electron chi connectivity index (χ3n) is 4.22. The zero-order valence-corrected chi connectivity index (χ0v) is 16.0. The number of rotatable bonds is 5. The van der Waals surface area contributed by atoms with Crippen molar-refractivity contribution in [3.63, 3.8) is 0 Å². The molecular weight excluding hydrogens is 338 g/mol. The molecule has 1 aromatic heterocycles. The highest BCUT2D eigenvalue weighted by Crippen LogP contribution is 2.25. The molecule has 1 amide bonds. The van der Waals surface area contributed by atoms with Crippen molar-refractivity contribution in [1.82, 2.24) is 4.98 Å². The van der Waals surface area contributed by atoms with Crippen LogP contribution >= 0.6 is 0 Å². The Balaban J connectivity index is 1.92. The topological polar surface area (TPSA) is 54.5 Å². The molecule has 138 valence electrons. The van der Waals surface area contributed by atoms with Crippen molar-refractivity contribution in [3.05, 3.63) is 71.8 Å². The number of aryl methyl sites for hydroxylation is 1. The fourth-order valence-corrected chi connectivity index (χ4v) is 2.75. The largest absolute Gasteiger partial charge is 0.497 e. The van der Waals surface area contributed by atoms with Crippen molar-refractivity contribution >= 4 is 17.4 Å². The van der Waals surface area contributed by atoms with Crippen molar-refractivity contribution in [2.45, 2.75) is 6.92 Å². The van der Waals surface area contributed by atoms with Crippen LogP contribution in [-0.4, -0.2) is 32.1 Å². The van der Waals surface area contributed by atoms with E-state index in [1.54, 1.807) is 13.2 Å². The number of hydrogen-bond acceptors (Lipinski definition) is 4. The fourth-order valence-electron chi connectivity index (χ4n) is 2.75. The molecule has 3 aromatic rings. The summed E-state index contributed by atoms with van der Waals surface area (Å²) in [5.74, 6) is 1.09. The lowest BCUT2D eigenvalue weighted by Gasteiger charge is -2.17. The van der Waals surface area contributed by atoms with Crippen molar-refractivity contribution in [3.8, 4) is 17.0 Å². The molecule has 0 aliphatic carbocycles. The Bertz CT molecular complexity index is 950. The second-order valence-corrected chi connectivity index (χ2v) is 6.51. The number of benzene rings is 2. The Kier molecular flexibility index (Phi) is 5.41. The van der Waals surface area contributed by atoms with Crippen LogP contribution in [0.2, 0.25) is 0 Å². The number of ether oxygens (including phenoxy) is 1. The maximum absolute atomic E-state index is 12.8. The number of nitrogens with one attached hydrogen (secondary N) is 1. The highest BCUT2D eigenvalue weighted by molar-refractivity contribution is 6.07. The van der Waals surface area contributed by atoms with Gasteiger partial charge in [0.2, 0.25) is 0 Å². The monoisotopic (exact) mass is 361 g/mol. The number of hydrogen-bond donors (Lipinski definition) is 1. The van der Waals surface area contributed by atoms with E-state index in [9.17, 15) is 4.79 Å². The summed E-state index contributed by atoms with van der Waals surface area (Å²) in [5, 5.41) is 2.91. The first-order chi connectivity index (χ1) is 13.0. The molecule has 1 heterocycles. The Morgan fingerprint density at radius 3 is 2.44 bits per heavy atom. The summed E-state index contributed by atoms with van der Waals surface area (Å²) in [7, 11) is 5.35. The van der Waals surface area contributed by atoms with E-state index in [0.717, 1.165) is 11.3 Å². The molecular formula is C22H23N3O2. The van der Waals surface area contributed by atoms with E-state index >= 15 is 0 Å². The smallest absolute Gasteiger partial charge is 0.259 e. The van der Waals surface area contributed by atoms with Crippen LogP contribution in [0.15, 0.2) is 60.7 Å². The quantitative estimate of drug-likeness (QED) is 0.732. The molecule has 0 atom stereocenters. The Labute approximate surface area is 159 Å². The molecule has 0 aliphatic rings. The molecule has 2 aromatic carbocycles. The number of nitrogens with zero attached hydrogens (tertiary/aromatic N) is 2. The summed E-state index contributed by atoms with van der Waals surface area (Å²) in [6, 6.07) is 19.1. The maximum Gasteiger partial charge on any atom is 0.259 e. The lowest BCUT2D eigenvalue weighted by molar-refractivity contribution is 0.102. The van der Waals surface area contributed by atoms with E-state index in [0.29, 0.717) is 22.8 Å². The highest BCUT2D eigenvalue weighted by Gasteiger charge is 2.16. The van der Waals surface area contributed by atoms with E-state index in [-0.39, 0.29) is 5.91 Å². The van der Waals surface area contributed by atoms with Crippen LogP contribution in [-0.2, 0) is 0 Å². The first kappa shape index (κ1) is 18.5. The first-order valence-corrected chi connectivity index (χ1v) is 8.69. The normalized spacial score (nSPS) is 10.4. The molecule has 0 saturated heterocycles. The predicted octanol–water partition coefficient (Wildman–Crippen LogP) is 4.38. The minimum Gasteiger partial charge on any atom is -0.497 e. The maximum atomic E-state index is 12.8. The van der Waals surface area contributed by atoms with Gasteiger partial charge >= 0.3 is 0 Å². The van der Waals surface area contributed by atoms with Crippen LogP contribution in [0.3, 0.4) is 0 Å². The number of carbonyl (C=O) groups is 1. The minimum atomic E-state index is -0.213. The second-order valence-electron chi connectivity index (χ2n) is 6.51. The van der Waals surface area contributed by atoms with Crippen molar-refractivity contribution in [1.29, 1.82) is 0 Å². The molecule has 5 nitrogen and oxygen atoms in total. The molecule has 0 aliphatic heterocycles. The molecule has 0 unspecified atom stereocenters. The lowest BCUT2D eigenvalue weighted by Crippen LogP contribution is -2.20. The van der Waals surface area contributed by atoms with Gasteiger partial charge in [0.15, 0.2) is 0 Å². The van der Waals surface area contributed by atoms with Crippen LogP contribution in [0.5, 0.6) is 5.75 Å². The van der Waals surface area contributed by atoms with Gasteiger partial charge in [0.1, 0.15) is 11.6 Å². The van der Waals surface area contributed by atoms with Crippen molar-refractivity contribution in [2.75, 3.05) is 31.4 Å². The molecule has 5 heteroatoms. The summed E-state index contributed by atoms with van der Waals surface area (Å²) >= 11 is 0. The van der Waals surface area contributed by atoms with Crippen molar-refractivity contribution < 1.29 is 9.53 Å². The van der Waals surface area contributed by atoms with Gasteiger partial charge in [-0.2, -0.15) is 0 Å². The van der Waals surface area contributed by atoms with E-state index in [2.05, 4.69) is 24.4 Å². The van der Waals surface area contributed by atoms with Crippen molar-refractivity contribution in [2.24, 2.45) is 0 Å². The van der Waals surface area contributed by atoms with Crippen LogP contribution in [0.1, 0.15) is 15.9 Å². The zero-order valence-electron chi connectivity index (χ0n) is 16.0. The molecule has 0 fully saturated rings. The van der Waals surface area contributed by atoms with Gasteiger partial charge in [0, 0.05) is 31.4 Å².